The van der Waals surface area contributed by atoms with Crippen LogP contribution in [0.15, 0.2) is 24.3 Å². The SMILES string of the molecule is CC1/C=C\C2C[C@H](/C=C\1)C2CCF. The predicted molar refractivity (Wildman–Crippen MR) is 53.1 cm³/mol. The van der Waals surface area contributed by atoms with E-state index in [1.165, 1.54) is 6.42 Å². The third kappa shape index (κ3) is 1.70. The first-order valence-corrected chi connectivity index (χ1v) is 5.24. The molecule has 0 saturated heterocycles. The molecule has 0 aromatic carbocycles. The number of rotatable bonds is 2. The minimum Gasteiger partial charge on any atom is -0.251 e. The highest BCUT2D eigenvalue weighted by atomic mass is 19.1. The molecule has 13 heavy (non-hydrogen) atoms. The smallest absolute Gasteiger partial charge is 0.0897 e. The van der Waals surface area contributed by atoms with Crippen molar-refractivity contribution in [3.63, 3.8) is 0 Å². The quantitative estimate of drug-likeness (QED) is 0.572. The molecule has 3 rings (SSSR count). The maximum atomic E-state index is 12.2. The molecule has 0 radical (unpaired) electrons. The second-order valence-electron chi connectivity index (χ2n) is 4.33. The van der Waals surface area contributed by atoms with Crippen LogP contribution < -0.4 is 0 Å². The van der Waals surface area contributed by atoms with E-state index in [2.05, 4.69) is 31.2 Å². The molecule has 0 aromatic heterocycles. The standard InChI is InChI=1S/C12H17F/c1-9-2-4-10-8-11(5-3-9)12(10)6-7-13/h2-5,9-12H,6-8H2,1H3/b4-2-,5-3-/t9?,10-,11?,12?/m0/s1. The fraction of sp³-hybridized carbons (Fsp3) is 0.667. The van der Waals surface area contributed by atoms with Crippen molar-refractivity contribution in [3.8, 4) is 0 Å². The average molecular weight is 180 g/mol. The second-order valence-corrected chi connectivity index (χ2v) is 4.33. The monoisotopic (exact) mass is 180 g/mol. The van der Waals surface area contributed by atoms with Gasteiger partial charge in [0, 0.05) is 0 Å². The fourth-order valence-corrected chi connectivity index (χ4v) is 2.48. The number of allylic oxidation sites excluding steroid dienone is 4. The van der Waals surface area contributed by atoms with Gasteiger partial charge >= 0.3 is 0 Å². The van der Waals surface area contributed by atoms with Crippen molar-refractivity contribution >= 4 is 0 Å². The van der Waals surface area contributed by atoms with Crippen LogP contribution in [-0.4, -0.2) is 6.67 Å². The fourth-order valence-electron chi connectivity index (χ4n) is 2.48. The molecule has 1 heteroatoms. The Morgan fingerprint density at radius 1 is 1.15 bits per heavy atom. The van der Waals surface area contributed by atoms with Gasteiger partial charge < -0.3 is 0 Å². The van der Waals surface area contributed by atoms with Crippen LogP contribution in [0.2, 0.25) is 0 Å². The van der Waals surface area contributed by atoms with E-state index in [-0.39, 0.29) is 6.67 Å². The summed E-state index contributed by atoms with van der Waals surface area (Å²) >= 11 is 0. The van der Waals surface area contributed by atoms with Gasteiger partial charge in [-0.25, -0.2) is 0 Å². The first kappa shape index (κ1) is 8.98. The van der Waals surface area contributed by atoms with E-state index >= 15 is 0 Å². The Morgan fingerprint density at radius 3 is 2.31 bits per heavy atom. The zero-order valence-corrected chi connectivity index (χ0v) is 8.12. The van der Waals surface area contributed by atoms with Gasteiger partial charge in [-0.2, -0.15) is 0 Å². The normalized spacial score (nSPS) is 47.2. The molecule has 0 aliphatic heterocycles. The maximum Gasteiger partial charge on any atom is 0.0897 e. The van der Waals surface area contributed by atoms with Gasteiger partial charge in [0.15, 0.2) is 0 Å². The van der Waals surface area contributed by atoms with Crippen LogP contribution in [0.5, 0.6) is 0 Å². The van der Waals surface area contributed by atoms with E-state index in [1.54, 1.807) is 0 Å². The number of halogens is 1. The zero-order chi connectivity index (χ0) is 9.26. The van der Waals surface area contributed by atoms with Gasteiger partial charge in [-0.15, -0.1) is 0 Å². The number of hydrogen-bond acceptors (Lipinski definition) is 0. The van der Waals surface area contributed by atoms with Crippen LogP contribution in [0.1, 0.15) is 19.8 Å². The molecule has 0 aromatic rings. The van der Waals surface area contributed by atoms with Crippen molar-refractivity contribution in [2.45, 2.75) is 19.8 Å². The predicted octanol–water partition coefficient (Wildman–Crippen LogP) is 3.36. The Hall–Kier alpha value is -0.590. The molecule has 1 fully saturated rings. The van der Waals surface area contributed by atoms with Crippen LogP contribution in [0.4, 0.5) is 4.39 Å². The van der Waals surface area contributed by atoms with Gasteiger partial charge in [-0.3, -0.25) is 4.39 Å². The first-order chi connectivity index (χ1) is 6.31. The van der Waals surface area contributed by atoms with Crippen molar-refractivity contribution in [1.29, 1.82) is 0 Å². The molecule has 0 spiro atoms. The minimum atomic E-state index is -0.158. The number of hydrogen-bond donors (Lipinski definition) is 0. The summed E-state index contributed by atoms with van der Waals surface area (Å²) in [5.41, 5.74) is 0. The van der Waals surface area contributed by atoms with E-state index in [9.17, 15) is 4.39 Å². The molecule has 3 unspecified atom stereocenters. The summed E-state index contributed by atoms with van der Waals surface area (Å²) in [5, 5.41) is 0. The minimum absolute atomic E-state index is 0.158. The molecular formula is C12H17F. The largest absolute Gasteiger partial charge is 0.251 e. The summed E-state index contributed by atoms with van der Waals surface area (Å²) in [4.78, 5) is 0. The zero-order valence-electron chi connectivity index (χ0n) is 8.12. The van der Waals surface area contributed by atoms with Crippen LogP contribution >= 0.6 is 0 Å². The van der Waals surface area contributed by atoms with Crippen LogP contribution in [-0.2, 0) is 0 Å². The maximum absolute atomic E-state index is 12.2. The van der Waals surface area contributed by atoms with E-state index in [0.717, 1.165) is 6.42 Å². The van der Waals surface area contributed by atoms with Gasteiger partial charge in [0.2, 0.25) is 0 Å². The summed E-state index contributed by atoms with van der Waals surface area (Å²) < 4.78 is 12.2. The molecule has 3 aliphatic carbocycles. The Labute approximate surface area is 79.5 Å². The lowest BCUT2D eigenvalue weighted by atomic mass is 9.62. The molecule has 4 atom stereocenters. The van der Waals surface area contributed by atoms with Crippen LogP contribution in [0, 0.1) is 23.7 Å². The van der Waals surface area contributed by atoms with Gasteiger partial charge in [0.1, 0.15) is 0 Å². The topological polar surface area (TPSA) is 0 Å². The van der Waals surface area contributed by atoms with Gasteiger partial charge in [-0.05, 0) is 36.5 Å². The van der Waals surface area contributed by atoms with Crippen molar-refractivity contribution < 1.29 is 4.39 Å². The highest BCUT2D eigenvalue weighted by Crippen LogP contribution is 2.45. The van der Waals surface area contributed by atoms with Crippen LogP contribution in [0.25, 0.3) is 0 Å². The van der Waals surface area contributed by atoms with E-state index in [0.29, 0.717) is 23.7 Å². The Bertz CT molecular complexity index is 209. The Kier molecular flexibility index (Phi) is 2.52. The summed E-state index contributed by atoms with van der Waals surface area (Å²) in [5.74, 6) is 2.47. The summed E-state index contributed by atoms with van der Waals surface area (Å²) in [6.07, 6.45) is 11.1. The molecule has 1 saturated carbocycles. The van der Waals surface area contributed by atoms with E-state index in [1.807, 2.05) is 0 Å². The summed E-state index contributed by atoms with van der Waals surface area (Å²) in [7, 11) is 0. The second kappa shape index (κ2) is 3.65. The third-order valence-electron chi connectivity index (χ3n) is 3.41. The first-order valence-electron chi connectivity index (χ1n) is 5.24. The molecule has 0 heterocycles. The van der Waals surface area contributed by atoms with Crippen molar-refractivity contribution in [3.05, 3.63) is 24.3 Å². The molecule has 2 bridgehead atoms. The number of alkyl halides is 1. The van der Waals surface area contributed by atoms with Gasteiger partial charge in [0.05, 0.1) is 6.67 Å². The molecule has 72 valence electrons. The molecule has 0 N–H and O–H groups in total. The third-order valence-corrected chi connectivity index (χ3v) is 3.41. The summed E-state index contributed by atoms with van der Waals surface area (Å²) in [6.45, 7) is 2.04. The highest BCUT2D eigenvalue weighted by Gasteiger charge is 2.37. The van der Waals surface area contributed by atoms with Gasteiger partial charge in [-0.1, -0.05) is 31.2 Å². The van der Waals surface area contributed by atoms with E-state index in [4.69, 9.17) is 0 Å². The van der Waals surface area contributed by atoms with E-state index < -0.39 is 0 Å². The molecule has 3 aliphatic rings. The Morgan fingerprint density at radius 2 is 1.77 bits per heavy atom. The van der Waals surface area contributed by atoms with Crippen LogP contribution in [0.3, 0.4) is 0 Å². The lowest BCUT2D eigenvalue weighted by molar-refractivity contribution is 0.127. The molecular weight excluding hydrogens is 163 g/mol. The van der Waals surface area contributed by atoms with Crippen molar-refractivity contribution in [1.82, 2.24) is 0 Å². The van der Waals surface area contributed by atoms with Crippen molar-refractivity contribution in [2.75, 3.05) is 6.67 Å². The summed E-state index contributed by atoms with van der Waals surface area (Å²) in [6, 6.07) is 0. The Balaban J connectivity index is 2.05. The van der Waals surface area contributed by atoms with Crippen molar-refractivity contribution in [2.24, 2.45) is 23.7 Å². The lowest BCUT2D eigenvalue weighted by Gasteiger charge is -2.43. The lowest BCUT2D eigenvalue weighted by Crippen LogP contribution is -2.35. The molecule has 0 amide bonds. The number of fused-ring (bicyclic) bond motifs is 2. The van der Waals surface area contributed by atoms with Gasteiger partial charge in [0.25, 0.3) is 0 Å². The molecule has 0 nitrogen and oxygen atoms in total. The highest BCUT2D eigenvalue weighted by molar-refractivity contribution is 5.14. The average Bonchev–Trinajstić information content (AvgIpc) is 2.06.